The SMILES string of the molecule is C[C@]12CC[C@@H](O)CC1=C[C@@H](O)[C@@H]1[C@@H]2CC[C@]2(C)C(=O)[C@H](F)C[C@@H]12. The van der Waals surface area contributed by atoms with E-state index in [4.69, 9.17) is 0 Å². The number of alkyl halides is 1. The highest BCUT2D eigenvalue weighted by Crippen LogP contribution is 2.64. The number of rotatable bonds is 0. The van der Waals surface area contributed by atoms with Gasteiger partial charge < -0.3 is 10.2 Å². The number of carbonyl (C=O) groups is 1. The van der Waals surface area contributed by atoms with Crippen LogP contribution in [-0.2, 0) is 4.79 Å². The van der Waals surface area contributed by atoms with Gasteiger partial charge in [-0.2, -0.15) is 0 Å². The highest BCUT2D eigenvalue weighted by Gasteiger charge is 2.63. The molecule has 23 heavy (non-hydrogen) atoms. The van der Waals surface area contributed by atoms with Gasteiger partial charge in [0.15, 0.2) is 12.0 Å². The van der Waals surface area contributed by atoms with Crippen LogP contribution in [0.1, 0.15) is 52.4 Å². The minimum atomic E-state index is -1.36. The Morgan fingerprint density at radius 3 is 2.57 bits per heavy atom. The molecule has 0 aromatic carbocycles. The smallest absolute Gasteiger partial charge is 0.173 e. The summed E-state index contributed by atoms with van der Waals surface area (Å²) in [6.45, 7) is 4.16. The summed E-state index contributed by atoms with van der Waals surface area (Å²) in [5.74, 6) is -0.0315. The van der Waals surface area contributed by atoms with E-state index in [-0.39, 0.29) is 35.6 Å². The van der Waals surface area contributed by atoms with Crippen LogP contribution >= 0.6 is 0 Å². The molecule has 0 heterocycles. The molecule has 0 amide bonds. The lowest BCUT2D eigenvalue weighted by Gasteiger charge is -2.57. The van der Waals surface area contributed by atoms with E-state index >= 15 is 0 Å². The predicted octanol–water partition coefficient (Wildman–Crippen LogP) is 2.80. The maximum atomic E-state index is 14.2. The summed E-state index contributed by atoms with van der Waals surface area (Å²) in [4.78, 5) is 12.3. The summed E-state index contributed by atoms with van der Waals surface area (Å²) in [7, 11) is 0. The van der Waals surface area contributed by atoms with E-state index in [0.29, 0.717) is 12.3 Å². The topological polar surface area (TPSA) is 57.5 Å². The first-order valence-electron chi connectivity index (χ1n) is 9.03. The van der Waals surface area contributed by atoms with Crippen molar-refractivity contribution in [1.29, 1.82) is 0 Å². The van der Waals surface area contributed by atoms with Gasteiger partial charge in [0, 0.05) is 5.41 Å². The molecule has 2 N–H and O–H groups in total. The normalized spacial score (nSPS) is 55.7. The first kappa shape index (κ1) is 15.8. The van der Waals surface area contributed by atoms with Gasteiger partial charge in [-0.3, -0.25) is 4.79 Å². The fourth-order valence-corrected chi connectivity index (χ4v) is 6.38. The molecule has 4 aliphatic rings. The fraction of sp³-hybridized carbons (Fsp3) is 0.842. The molecule has 0 unspecified atom stereocenters. The molecule has 0 spiro atoms. The molecule has 3 saturated carbocycles. The van der Waals surface area contributed by atoms with Crippen molar-refractivity contribution in [2.24, 2.45) is 28.6 Å². The van der Waals surface area contributed by atoms with E-state index in [9.17, 15) is 19.4 Å². The number of aliphatic hydroxyl groups excluding tert-OH is 2. The molecule has 4 rings (SSSR count). The maximum absolute atomic E-state index is 14.2. The van der Waals surface area contributed by atoms with Crippen LogP contribution in [0.5, 0.6) is 0 Å². The second-order valence-electron chi connectivity index (χ2n) is 8.81. The van der Waals surface area contributed by atoms with Crippen molar-refractivity contribution in [2.75, 3.05) is 0 Å². The van der Waals surface area contributed by atoms with Crippen molar-refractivity contribution in [1.82, 2.24) is 0 Å². The third-order valence-electron chi connectivity index (χ3n) is 7.80. The highest BCUT2D eigenvalue weighted by molar-refractivity contribution is 5.91. The van der Waals surface area contributed by atoms with Gasteiger partial charge in [-0.25, -0.2) is 4.39 Å². The summed E-state index contributed by atoms with van der Waals surface area (Å²) in [6, 6.07) is 0. The zero-order chi connectivity index (χ0) is 16.6. The Morgan fingerprint density at radius 2 is 1.83 bits per heavy atom. The number of Topliss-reactive ketones (excluding diaryl/α,β-unsaturated/α-hetero) is 1. The Bertz CT molecular complexity index is 573. The Hall–Kier alpha value is -0.740. The van der Waals surface area contributed by atoms with Crippen LogP contribution in [0.3, 0.4) is 0 Å². The Kier molecular flexibility index (Phi) is 3.35. The van der Waals surface area contributed by atoms with Crippen LogP contribution in [0.15, 0.2) is 11.6 Å². The Labute approximate surface area is 137 Å². The van der Waals surface area contributed by atoms with Gasteiger partial charge in [0.25, 0.3) is 0 Å². The standard InChI is InChI=1S/C19H27FO3/c1-18-5-3-11(21)7-10(18)8-15(22)16-12(18)4-6-19(2)13(16)9-14(20)17(19)23/h8,11-16,21-22H,3-7,9H2,1-2H3/t11-,12+,13+,14-,15-,16-,18+,19+/m1/s1. The fourth-order valence-electron chi connectivity index (χ4n) is 6.38. The van der Waals surface area contributed by atoms with Crippen molar-refractivity contribution < 1.29 is 19.4 Å². The quantitative estimate of drug-likeness (QED) is 0.674. The minimum absolute atomic E-state index is 0.0120. The van der Waals surface area contributed by atoms with E-state index in [1.54, 1.807) is 0 Å². The molecule has 4 heteroatoms. The number of hydrogen-bond donors (Lipinski definition) is 2. The molecule has 128 valence electrons. The van der Waals surface area contributed by atoms with Crippen molar-refractivity contribution in [2.45, 2.75) is 70.8 Å². The molecule has 0 aliphatic heterocycles. The first-order valence-corrected chi connectivity index (χ1v) is 9.03. The zero-order valence-electron chi connectivity index (χ0n) is 14.0. The lowest BCUT2D eigenvalue weighted by Crippen LogP contribution is -2.54. The van der Waals surface area contributed by atoms with E-state index in [2.05, 4.69) is 6.92 Å². The van der Waals surface area contributed by atoms with Crippen molar-refractivity contribution in [3.8, 4) is 0 Å². The summed E-state index contributed by atoms with van der Waals surface area (Å²) in [6.07, 6.45) is 3.87. The van der Waals surface area contributed by atoms with Crippen LogP contribution in [0, 0.1) is 28.6 Å². The highest BCUT2D eigenvalue weighted by atomic mass is 19.1. The molecular formula is C19H27FO3. The largest absolute Gasteiger partial charge is 0.393 e. The van der Waals surface area contributed by atoms with Gasteiger partial charge in [-0.05, 0) is 61.7 Å². The summed E-state index contributed by atoms with van der Waals surface area (Å²) < 4.78 is 14.2. The van der Waals surface area contributed by atoms with Crippen molar-refractivity contribution in [3.63, 3.8) is 0 Å². The zero-order valence-corrected chi connectivity index (χ0v) is 14.0. The molecule has 0 aromatic rings. The first-order chi connectivity index (χ1) is 10.8. The molecule has 8 atom stereocenters. The second-order valence-corrected chi connectivity index (χ2v) is 8.81. The average molecular weight is 322 g/mol. The monoisotopic (exact) mass is 322 g/mol. The van der Waals surface area contributed by atoms with Crippen LogP contribution in [0.4, 0.5) is 4.39 Å². The van der Waals surface area contributed by atoms with E-state index < -0.39 is 17.7 Å². The van der Waals surface area contributed by atoms with Crippen molar-refractivity contribution in [3.05, 3.63) is 11.6 Å². The molecule has 0 bridgehead atoms. The van der Waals surface area contributed by atoms with Gasteiger partial charge in [-0.1, -0.05) is 25.5 Å². The van der Waals surface area contributed by atoms with Crippen LogP contribution in [0.2, 0.25) is 0 Å². The third kappa shape index (κ3) is 1.97. The molecule has 0 saturated heterocycles. The lowest BCUT2D eigenvalue weighted by molar-refractivity contribution is -0.137. The summed E-state index contributed by atoms with van der Waals surface area (Å²) in [5.41, 5.74) is 0.564. The van der Waals surface area contributed by atoms with Crippen LogP contribution in [0.25, 0.3) is 0 Å². The summed E-state index contributed by atoms with van der Waals surface area (Å²) >= 11 is 0. The minimum Gasteiger partial charge on any atom is -0.393 e. The molecule has 4 aliphatic carbocycles. The van der Waals surface area contributed by atoms with Gasteiger partial charge >= 0.3 is 0 Å². The van der Waals surface area contributed by atoms with Crippen LogP contribution in [-0.4, -0.2) is 34.4 Å². The van der Waals surface area contributed by atoms with Gasteiger partial charge in [0.05, 0.1) is 12.2 Å². The predicted molar refractivity (Wildman–Crippen MR) is 84.4 cm³/mol. The summed E-state index contributed by atoms with van der Waals surface area (Å²) in [5, 5.41) is 20.8. The molecule has 0 radical (unpaired) electrons. The van der Waals surface area contributed by atoms with Gasteiger partial charge in [0.2, 0.25) is 0 Å². The molecular weight excluding hydrogens is 295 g/mol. The third-order valence-corrected chi connectivity index (χ3v) is 7.80. The number of fused-ring (bicyclic) bond motifs is 5. The Morgan fingerprint density at radius 1 is 1.13 bits per heavy atom. The number of hydrogen-bond acceptors (Lipinski definition) is 3. The molecule has 3 fully saturated rings. The Balaban J connectivity index is 1.75. The van der Waals surface area contributed by atoms with E-state index in [0.717, 1.165) is 25.7 Å². The maximum Gasteiger partial charge on any atom is 0.173 e. The average Bonchev–Trinajstić information content (AvgIpc) is 2.73. The van der Waals surface area contributed by atoms with Crippen molar-refractivity contribution >= 4 is 5.78 Å². The number of carbonyl (C=O) groups excluding carboxylic acids is 1. The van der Waals surface area contributed by atoms with Crippen LogP contribution < -0.4 is 0 Å². The van der Waals surface area contributed by atoms with Gasteiger partial charge in [-0.15, -0.1) is 0 Å². The number of aliphatic hydroxyl groups is 2. The van der Waals surface area contributed by atoms with E-state index in [1.807, 2.05) is 13.0 Å². The number of ketones is 1. The molecule has 3 nitrogen and oxygen atoms in total. The second kappa shape index (κ2) is 4.89. The van der Waals surface area contributed by atoms with E-state index in [1.165, 1.54) is 5.57 Å². The lowest BCUT2D eigenvalue weighted by atomic mass is 9.47. The van der Waals surface area contributed by atoms with Gasteiger partial charge in [0.1, 0.15) is 0 Å². The molecule has 0 aromatic heterocycles. The number of halogens is 1.